The smallest absolute Gasteiger partial charge is 0.354 e. The van der Waals surface area contributed by atoms with Gasteiger partial charge in [0.05, 0.1) is 10.6 Å². The summed E-state index contributed by atoms with van der Waals surface area (Å²) in [6.07, 6.45) is -3.18. The first-order chi connectivity index (χ1) is 12.2. The number of hydrogen-bond donors (Lipinski definition) is 1. The SMILES string of the molecule is CN(C)c1nc(C(F)(F)F)c(-c2ccnc(Nc3cccc(Cl)c3)n2)s1. The maximum atomic E-state index is 13.4. The van der Waals surface area contributed by atoms with Crippen molar-refractivity contribution in [2.24, 2.45) is 0 Å². The number of nitrogens with one attached hydrogen (secondary N) is 1. The molecule has 0 fully saturated rings. The summed E-state index contributed by atoms with van der Waals surface area (Å²) >= 11 is 6.85. The summed E-state index contributed by atoms with van der Waals surface area (Å²) in [5.74, 6) is 0.165. The normalized spacial score (nSPS) is 11.5. The van der Waals surface area contributed by atoms with Gasteiger partial charge >= 0.3 is 6.18 Å². The third-order valence-electron chi connectivity index (χ3n) is 3.24. The van der Waals surface area contributed by atoms with Crippen molar-refractivity contribution in [2.45, 2.75) is 6.18 Å². The highest BCUT2D eigenvalue weighted by Crippen LogP contribution is 2.42. The Morgan fingerprint density at radius 1 is 1.15 bits per heavy atom. The first kappa shape index (κ1) is 18.4. The van der Waals surface area contributed by atoms with Crippen LogP contribution in [-0.2, 0) is 6.18 Å². The second kappa shape index (κ2) is 7.08. The average molecular weight is 400 g/mol. The zero-order valence-corrected chi connectivity index (χ0v) is 15.2. The van der Waals surface area contributed by atoms with Crippen molar-refractivity contribution in [1.82, 2.24) is 15.0 Å². The molecule has 5 nitrogen and oxygen atoms in total. The maximum absolute atomic E-state index is 13.4. The van der Waals surface area contributed by atoms with Gasteiger partial charge in [-0.3, -0.25) is 0 Å². The molecule has 0 unspecified atom stereocenters. The summed E-state index contributed by atoms with van der Waals surface area (Å²) in [6, 6.07) is 8.28. The van der Waals surface area contributed by atoms with E-state index in [1.54, 1.807) is 38.4 Å². The maximum Gasteiger partial charge on any atom is 0.434 e. The minimum atomic E-state index is -4.58. The van der Waals surface area contributed by atoms with E-state index >= 15 is 0 Å². The number of hydrogen-bond acceptors (Lipinski definition) is 6. The number of halogens is 4. The zero-order chi connectivity index (χ0) is 18.9. The van der Waals surface area contributed by atoms with Gasteiger partial charge in [0.2, 0.25) is 5.95 Å². The predicted octanol–water partition coefficient (Wildman–Crippen LogP) is 5.08. The van der Waals surface area contributed by atoms with Crippen LogP contribution in [0.25, 0.3) is 10.6 Å². The van der Waals surface area contributed by atoms with E-state index in [2.05, 4.69) is 20.3 Å². The molecule has 0 aliphatic carbocycles. The molecular weight excluding hydrogens is 387 g/mol. The Bertz CT molecular complexity index is 926. The number of nitrogens with zero attached hydrogens (tertiary/aromatic N) is 4. The molecule has 136 valence electrons. The standard InChI is InChI=1S/C16H13ClF3N5S/c1-25(2)15-24-13(16(18,19)20)12(26-15)11-6-7-21-14(23-11)22-10-5-3-4-9(17)8-10/h3-8H,1-2H3,(H,21,22,23). The van der Waals surface area contributed by atoms with Gasteiger partial charge in [0, 0.05) is 31.0 Å². The van der Waals surface area contributed by atoms with E-state index in [0.717, 1.165) is 11.3 Å². The van der Waals surface area contributed by atoms with E-state index in [1.807, 2.05) is 0 Å². The molecule has 0 spiro atoms. The van der Waals surface area contributed by atoms with E-state index in [1.165, 1.54) is 17.2 Å². The molecule has 2 heterocycles. The van der Waals surface area contributed by atoms with E-state index in [0.29, 0.717) is 10.7 Å². The van der Waals surface area contributed by atoms with Crippen molar-refractivity contribution in [3.63, 3.8) is 0 Å². The minimum Gasteiger partial charge on any atom is -0.354 e. The molecule has 0 radical (unpaired) electrons. The summed E-state index contributed by atoms with van der Waals surface area (Å²) in [5.41, 5.74) is -0.190. The number of anilines is 3. The fraction of sp³-hybridized carbons (Fsp3) is 0.188. The van der Waals surface area contributed by atoms with Crippen LogP contribution in [0.15, 0.2) is 36.5 Å². The zero-order valence-electron chi connectivity index (χ0n) is 13.7. The lowest BCUT2D eigenvalue weighted by Crippen LogP contribution is -2.11. The second-order valence-corrected chi connectivity index (χ2v) is 6.88. The first-order valence-electron chi connectivity index (χ1n) is 7.35. The lowest BCUT2D eigenvalue weighted by molar-refractivity contribution is -0.140. The van der Waals surface area contributed by atoms with Crippen LogP contribution in [0.4, 0.5) is 29.9 Å². The highest BCUT2D eigenvalue weighted by molar-refractivity contribution is 7.19. The number of rotatable bonds is 4. The number of thiazole rings is 1. The number of aromatic nitrogens is 3. The van der Waals surface area contributed by atoms with Crippen LogP contribution >= 0.6 is 22.9 Å². The van der Waals surface area contributed by atoms with Crippen LogP contribution in [0.2, 0.25) is 5.02 Å². The Balaban J connectivity index is 2.00. The van der Waals surface area contributed by atoms with E-state index in [-0.39, 0.29) is 21.7 Å². The molecule has 10 heteroatoms. The molecule has 0 saturated carbocycles. The Labute approximate surface area is 156 Å². The van der Waals surface area contributed by atoms with Crippen molar-refractivity contribution < 1.29 is 13.2 Å². The van der Waals surface area contributed by atoms with Crippen LogP contribution < -0.4 is 10.2 Å². The minimum absolute atomic E-state index is 0.0576. The summed E-state index contributed by atoms with van der Waals surface area (Å²) < 4.78 is 40.1. The Hall–Kier alpha value is -2.39. The summed E-state index contributed by atoms with van der Waals surface area (Å²) in [5, 5.41) is 3.69. The molecule has 2 aromatic heterocycles. The quantitative estimate of drug-likeness (QED) is 0.662. The van der Waals surface area contributed by atoms with Gasteiger partial charge < -0.3 is 10.2 Å². The van der Waals surface area contributed by atoms with Crippen molar-refractivity contribution in [3.8, 4) is 10.6 Å². The molecule has 0 saturated heterocycles. The highest BCUT2D eigenvalue weighted by atomic mass is 35.5. The number of alkyl halides is 3. The molecule has 1 N–H and O–H groups in total. The molecule has 0 aliphatic heterocycles. The third kappa shape index (κ3) is 4.05. The van der Waals surface area contributed by atoms with Crippen LogP contribution in [0, 0.1) is 0 Å². The van der Waals surface area contributed by atoms with Gasteiger partial charge in [-0.2, -0.15) is 13.2 Å². The first-order valence-corrected chi connectivity index (χ1v) is 8.55. The van der Waals surface area contributed by atoms with E-state index in [4.69, 9.17) is 11.6 Å². The molecule has 0 bridgehead atoms. The van der Waals surface area contributed by atoms with Gasteiger partial charge in [-0.25, -0.2) is 15.0 Å². The molecule has 0 aliphatic rings. The molecule has 3 aromatic rings. The summed E-state index contributed by atoms with van der Waals surface area (Å²) in [4.78, 5) is 13.4. The highest BCUT2D eigenvalue weighted by Gasteiger charge is 2.38. The van der Waals surface area contributed by atoms with Gasteiger partial charge in [0.25, 0.3) is 0 Å². The van der Waals surface area contributed by atoms with Gasteiger partial charge in [0.1, 0.15) is 0 Å². The van der Waals surface area contributed by atoms with Gasteiger partial charge in [-0.1, -0.05) is 29.0 Å². The molecule has 0 amide bonds. The Kier molecular flexibility index (Phi) is 5.01. The molecular formula is C16H13ClF3N5S. The molecule has 26 heavy (non-hydrogen) atoms. The van der Waals surface area contributed by atoms with Crippen LogP contribution in [-0.4, -0.2) is 29.0 Å². The van der Waals surface area contributed by atoms with Crippen molar-refractivity contribution in [2.75, 3.05) is 24.3 Å². The van der Waals surface area contributed by atoms with Crippen LogP contribution in [0.1, 0.15) is 5.69 Å². The monoisotopic (exact) mass is 399 g/mol. The molecule has 3 rings (SSSR count). The number of benzene rings is 1. The Morgan fingerprint density at radius 3 is 2.58 bits per heavy atom. The van der Waals surface area contributed by atoms with Crippen molar-refractivity contribution in [1.29, 1.82) is 0 Å². The fourth-order valence-electron chi connectivity index (χ4n) is 2.11. The van der Waals surface area contributed by atoms with Crippen LogP contribution in [0.5, 0.6) is 0 Å². The summed E-state index contributed by atoms with van der Waals surface area (Å²) in [7, 11) is 3.27. The average Bonchev–Trinajstić information content (AvgIpc) is 3.01. The third-order valence-corrected chi connectivity index (χ3v) is 4.72. The topological polar surface area (TPSA) is 53.9 Å². The van der Waals surface area contributed by atoms with Crippen molar-refractivity contribution in [3.05, 3.63) is 47.2 Å². The van der Waals surface area contributed by atoms with Gasteiger partial charge in [-0.05, 0) is 24.3 Å². The van der Waals surface area contributed by atoms with Gasteiger partial charge in [-0.15, -0.1) is 0 Å². The van der Waals surface area contributed by atoms with E-state index < -0.39 is 11.9 Å². The second-order valence-electron chi connectivity index (χ2n) is 5.47. The fourth-order valence-corrected chi connectivity index (χ4v) is 3.28. The predicted molar refractivity (Wildman–Crippen MR) is 97.2 cm³/mol. The lowest BCUT2D eigenvalue weighted by atomic mass is 10.2. The van der Waals surface area contributed by atoms with E-state index in [9.17, 15) is 13.2 Å². The lowest BCUT2D eigenvalue weighted by Gasteiger charge is -2.08. The van der Waals surface area contributed by atoms with Crippen molar-refractivity contribution >= 4 is 39.7 Å². The van der Waals surface area contributed by atoms with Gasteiger partial charge in [0.15, 0.2) is 10.8 Å². The molecule has 1 aromatic carbocycles. The van der Waals surface area contributed by atoms with Crippen LogP contribution in [0.3, 0.4) is 0 Å². The largest absolute Gasteiger partial charge is 0.434 e. The Morgan fingerprint density at radius 2 is 1.92 bits per heavy atom. The summed E-state index contributed by atoms with van der Waals surface area (Å²) in [6.45, 7) is 0. The molecule has 0 atom stereocenters.